The van der Waals surface area contributed by atoms with Gasteiger partial charge in [0.2, 0.25) is 10.0 Å². The first-order valence-corrected chi connectivity index (χ1v) is 8.37. The molecule has 1 aromatic carbocycles. The minimum absolute atomic E-state index is 0.325. The Hall–Kier alpha value is -1.11. The molecule has 0 aromatic heterocycles. The highest BCUT2D eigenvalue weighted by Gasteiger charge is 2.29. The summed E-state index contributed by atoms with van der Waals surface area (Å²) in [6.07, 6.45) is 2.27. The van der Waals surface area contributed by atoms with Crippen LogP contribution in [0.4, 0.5) is 5.69 Å². The van der Waals surface area contributed by atoms with Crippen molar-refractivity contribution < 1.29 is 13.2 Å². The molecule has 1 aromatic rings. The van der Waals surface area contributed by atoms with Crippen LogP contribution >= 0.6 is 0 Å². The normalized spacial score (nSPS) is 22.4. The highest BCUT2D eigenvalue weighted by Crippen LogP contribution is 2.28. The standard InChI is InChI=1S/C14H22N2O3S/c1-4-19-13-7-12(8-13)16-11-6-5-10(2)14(9-11)20(17,18)15-3/h5-6,9,12-13,15-16H,4,7-8H2,1-3H3. The first-order chi connectivity index (χ1) is 9.46. The Bertz CT molecular complexity index is 566. The number of hydrogen-bond acceptors (Lipinski definition) is 4. The highest BCUT2D eigenvalue weighted by atomic mass is 32.2. The van der Waals surface area contributed by atoms with Gasteiger partial charge in [-0.2, -0.15) is 0 Å². The van der Waals surface area contributed by atoms with Crippen molar-refractivity contribution >= 4 is 15.7 Å². The quantitative estimate of drug-likeness (QED) is 0.841. The van der Waals surface area contributed by atoms with Crippen LogP contribution in [0.15, 0.2) is 23.1 Å². The fraction of sp³-hybridized carbons (Fsp3) is 0.571. The molecule has 2 rings (SSSR count). The van der Waals surface area contributed by atoms with Gasteiger partial charge in [-0.15, -0.1) is 0 Å². The summed E-state index contributed by atoms with van der Waals surface area (Å²) < 4.78 is 31.7. The fourth-order valence-electron chi connectivity index (χ4n) is 2.38. The molecule has 0 atom stereocenters. The number of hydrogen-bond donors (Lipinski definition) is 2. The average molecular weight is 298 g/mol. The lowest BCUT2D eigenvalue weighted by molar-refractivity contribution is 0.00299. The largest absolute Gasteiger partial charge is 0.382 e. The third kappa shape index (κ3) is 3.31. The van der Waals surface area contributed by atoms with E-state index in [1.54, 1.807) is 13.0 Å². The van der Waals surface area contributed by atoms with E-state index in [0.717, 1.165) is 30.7 Å². The molecular weight excluding hydrogens is 276 g/mol. The minimum Gasteiger partial charge on any atom is -0.382 e. The first kappa shape index (κ1) is 15.3. The molecular formula is C14H22N2O3S. The van der Waals surface area contributed by atoms with Gasteiger partial charge in [0.1, 0.15) is 0 Å². The summed E-state index contributed by atoms with van der Waals surface area (Å²) in [7, 11) is -1.99. The van der Waals surface area contributed by atoms with Crippen LogP contribution in [0.3, 0.4) is 0 Å². The molecule has 6 heteroatoms. The van der Waals surface area contributed by atoms with Crippen LogP contribution in [-0.4, -0.2) is 34.2 Å². The third-order valence-corrected chi connectivity index (χ3v) is 5.17. The van der Waals surface area contributed by atoms with Gasteiger partial charge in [0.05, 0.1) is 11.0 Å². The van der Waals surface area contributed by atoms with Gasteiger partial charge in [0.15, 0.2) is 0 Å². The molecule has 0 heterocycles. The molecule has 112 valence electrons. The van der Waals surface area contributed by atoms with E-state index in [4.69, 9.17) is 4.74 Å². The second-order valence-corrected chi connectivity index (χ2v) is 6.93. The molecule has 1 aliphatic rings. The Labute approximate surface area is 120 Å². The molecule has 2 N–H and O–H groups in total. The molecule has 0 spiro atoms. The van der Waals surface area contributed by atoms with Crippen LogP contribution in [0.1, 0.15) is 25.3 Å². The lowest BCUT2D eigenvalue weighted by atomic mass is 9.89. The van der Waals surface area contributed by atoms with Crippen molar-refractivity contribution in [3.63, 3.8) is 0 Å². The Kier molecular flexibility index (Phi) is 4.67. The average Bonchev–Trinajstić information content (AvgIpc) is 2.38. The molecule has 0 saturated heterocycles. The second kappa shape index (κ2) is 6.11. The Morgan fingerprint density at radius 2 is 2.05 bits per heavy atom. The van der Waals surface area contributed by atoms with Crippen LogP contribution in [-0.2, 0) is 14.8 Å². The highest BCUT2D eigenvalue weighted by molar-refractivity contribution is 7.89. The first-order valence-electron chi connectivity index (χ1n) is 6.88. The Balaban J connectivity index is 2.06. The summed E-state index contributed by atoms with van der Waals surface area (Å²) in [6, 6.07) is 5.79. The fourth-order valence-corrected chi connectivity index (χ4v) is 3.37. The van der Waals surface area contributed by atoms with Crippen LogP contribution in [0, 0.1) is 6.92 Å². The molecule has 0 aliphatic heterocycles. The number of nitrogens with one attached hydrogen (secondary N) is 2. The van der Waals surface area contributed by atoms with Crippen molar-refractivity contribution in [3.05, 3.63) is 23.8 Å². The van der Waals surface area contributed by atoms with Gasteiger partial charge in [0.25, 0.3) is 0 Å². The zero-order chi connectivity index (χ0) is 14.8. The number of rotatable bonds is 6. The summed E-state index contributed by atoms with van der Waals surface area (Å²) in [6.45, 7) is 4.53. The predicted octanol–water partition coefficient (Wildman–Crippen LogP) is 1.88. The second-order valence-electron chi connectivity index (χ2n) is 5.08. The molecule has 1 aliphatic carbocycles. The van der Waals surface area contributed by atoms with E-state index in [9.17, 15) is 8.42 Å². The smallest absolute Gasteiger partial charge is 0.240 e. The molecule has 0 amide bonds. The van der Waals surface area contributed by atoms with Crippen molar-refractivity contribution in [2.45, 2.75) is 43.7 Å². The maximum atomic E-state index is 11.9. The molecule has 0 unspecified atom stereocenters. The zero-order valence-corrected chi connectivity index (χ0v) is 13.0. The maximum absolute atomic E-state index is 11.9. The molecule has 20 heavy (non-hydrogen) atoms. The summed E-state index contributed by atoms with van der Waals surface area (Å²) >= 11 is 0. The molecule has 5 nitrogen and oxygen atoms in total. The van der Waals surface area contributed by atoms with Crippen molar-refractivity contribution in [2.24, 2.45) is 0 Å². The molecule has 0 radical (unpaired) electrons. The Morgan fingerprint density at radius 3 is 2.65 bits per heavy atom. The molecule has 1 saturated carbocycles. The SMILES string of the molecule is CCOC1CC(Nc2ccc(C)c(S(=O)(=O)NC)c2)C1. The van der Waals surface area contributed by atoms with E-state index in [-0.39, 0.29) is 0 Å². The van der Waals surface area contributed by atoms with Crippen molar-refractivity contribution in [1.29, 1.82) is 0 Å². The van der Waals surface area contributed by atoms with Crippen LogP contribution in [0.25, 0.3) is 0 Å². The van der Waals surface area contributed by atoms with E-state index in [1.807, 2.05) is 19.1 Å². The predicted molar refractivity (Wildman–Crippen MR) is 79.5 cm³/mol. The maximum Gasteiger partial charge on any atom is 0.240 e. The summed E-state index contributed by atoms with van der Waals surface area (Å²) in [4.78, 5) is 0.325. The van der Waals surface area contributed by atoms with E-state index in [0.29, 0.717) is 17.0 Å². The van der Waals surface area contributed by atoms with Gasteiger partial charge in [-0.3, -0.25) is 0 Å². The topological polar surface area (TPSA) is 67.4 Å². The molecule has 0 bridgehead atoms. The van der Waals surface area contributed by atoms with E-state index < -0.39 is 10.0 Å². The van der Waals surface area contributed by atoms with E-state index >= 15 is 0 Å². The van der Waals surface area contributed by atoms with Gasteiger partial charge in [-0.05, 0) is 51.4 Å². The number of anilines is 1. The van der Waals surface area contributed by atoms with Crippen LogP contribution < -0.4 is 10.0 Å². The van der Waals surface area contributed by atoms with Gasteiger partial charge in [-0.1, -0.05) is 6.07 Å². The van der Waals surface area contributed by atoms with Gasteiger partial charge in [-0.25, -0.2) is 13.1 Å². The van der Waals surface area contributed by atoms with Crippen molar-refractivity contribution in [3.8, 4) is 0 Å². The zero-order valence-electron chi connectivity index (χ0n) is 12.1. The van der Waals surface area contributed by atoms with Crippen molar-refractivity contribution in [1.82, 2.24) is 4.72 Å². The number of aryl methyl sites for hydroxylation is 1. The number of sulfonamides is 1. The minimum atomic E-state index is -3.41. The molecule has 1 fully saturated rings. The van der Waals surface area contributed by atoms with Gasteiger partial charge in [0, 0.05) is 18.3 Å². The van der Waals surface area contributed by atoms with Crippen LogP contribution in [0.2, 0.25) is 0 Å². The van der Waals surface area contributed by atoms with E-state index in [1.165, 1.54) is 7.05 Å². The summed E-state index contributed by atoms with van der Waals surface area (Å²) in [5, 5.41) is 3.36. The summed E-state index contributed by atoms with van der Waals surface area (Å²) in [5.74, 6) is 0. The van der Waals surface area contributed by atoms with Gasteiger partial charge >= 0.3 is 0 Å². The van der Waals surface area contributed by atoms with Crippen molar-refractivity contribution in [2.75, 3.05) is 19.0 Å². The summed E-state index contributed by atoms with van der Waals surface area (Å²) in [5.41, 5.74) is 1.58. The monoisotopic (exact) mass is 298 g/mol. The van der Waals surface area contributed by atoms with Gasteiger partial charge < -0.3 is 10.1 Å². The van der Waals surface area contributed by atoms with Crippen LogP contribution in [0.5, 0.6) is 0 Å². The van der Waals surface area contributed by atoms with E-state index in [2.05, 4.69) is 10.0 Å². The number of ether oxygens (including phenoxy) is 1. The Morgan fingerprint density at radius 1 is 1.35 bits per heavy atom. The lowest BCUT2D eigenvalue weighted by Gasteiger charge is -2.36. The third-order valence-electron chi connectivity index (χ3n) is 3.61. The number of benzene rings is 1. The lowest BCUT2D eigenvalue weighted by Crippen LogP contribution is -2.40.